The number of amides is 1. The molecule has 8 heteroatoms. The number of rotatable bonds is 9. The summed E-state index contributed by atoms with van der Waals surface area (Å²) in [6.45, 7) is 4.77. The van der Waals surface area contributed by atoms with Gasteiger partial charge in [0.15, 0.2) is 0 Å². The maximum absolute atomic E-state index is 11.3. The summed E-state index contributed by atoms with van der Waals surface area (Å²) in [4.78, 5) is 14.3. The molecule has 1 unspecified atom stereocenters. The highest BCUT2D eigenvalue weighted by Gasteiger charge is 2.19. The van der Waals surface area contributed by atoms with E-state index in [9.17, 15) is 9.90 Å². The fourth-order valence-corrected chi connectivity index (χ4v) is 2.58. The zero-order valence-corrected chi connectivity index (χ0v) is 16.4. The second-order valence-corrected chi connectivity index (χ2v) is 7.21. The Balaban J connectivity index is 1.85. The van der Waals surface area contributed by atoms with Crippen LogP contribution in [0.25, 0.3) is 10.9 Å². The molecule has 0 saturated carbocycles. The maximum Gasteiger partial charge on any atom is 0.230 e. The molecule has 0 aliphatic heterocycles. The molecule has 1 amide bonds. The molecular weight excluding hydrogens is 400 g/mol. The number of aromatic nitrogens is 1. The third kappa shape index (κ3) is 5.73. The molecule has 140 valence electrons. The lowest BCUT2D eigenvalue weighted by Gasteiger charge is -2.28. The van der Waals surface area contributed by atoms with E-state index in [1.54, 1.807) is 12.1 Å². The van der Waals surface area contributed by atoms with Crippen LogP contribution in [0.5, 0.6) is 5.75 Å². The van der Waals surface area contributed by atoms with Gasteiger partial charge in [-0.15, -0.1) is 0 Å². The predicted molar refractivity (Wildman–Crippen MR) is 103 cm³/mol. The number of nitrogens with one attached hydrogen (secondary N) is 3. The summed E-state index contributed by atoms with van der Waals surface area (Å²) in [6.07, 6.45) is -0.717. The van der Waals surface area contributed by atoms with Crippen molar-refractivity contribution in [3.63, 3.8) is 0 Å². The SMILES string of the molecule is CC(C)(CNC(=O)CBr)NCC(O)COc1cccc2[nH]c(C#N)cc12. The van der Waals surface area contributed by atoms with Crippen molar-refractivity contribution in [1.82, 2.24) is 15.6 Å². The number of ether oxygens (including phenoxy) is 1. The fraction of sp³-hybridized carbons (Fsp3) is 0.444. The summed E-state index contributed by atoms with van der Waals surface area (Å²) in [6, 6.07) is 9.29. The van der Waals surface area contributed by atoms with E-state index in [2.05, 4.69) is 37.6 Å². The minimum atomic E-state index is -0.717. The Bertz CT molecular complexity index is 797. The van der Waals surface area contributed by atoms with Crippen LogP contribution in [-0.4, -0.2) is 52.7 Å². The Labute approximate surface area is 160 Å². The highest BCUT2D eigenvalue weighted by molar-refractivity contribution is 9.09. The van der Waals surface area contributed by atoms with E-state index in [0.717, 1.165) is 10.9 Å². The van der Waals surface area contributed by atoms with Crippen molar-refractivity contribution in [1.29, 1.82) is 5.26 Å². The lowest BCUT2D eigenvalue weighted by atomic mass is 10.1. The number of fused-ring (bicyclic) bond motifs is 1. The molecule has 0 bridgehead atoms. The first-order valence-electron chi connectivity index (χ1n) is 8.25. The lowest BCUT2D eigenvalue weighted by Crippen LogP contribution is -2.51. The van der Waals surface area contributed by atoms with Crippen molar-refractivity contribution in [2.75, 3.05) is 25.0 Å². The molecule has 0 saturated heterocycles. The van der Waals surface area contributed by atoms with Crippen molar-refractivity contribution in [3.8, 4) is 11.8 Å². The monoisotopic (exact) mass is 422 g/mol. The number of nitrogens with zero attached hydrogens (tertiary/aromatic N) is 1. The zero-order valence-electron chi connectivity index (χ0n) is 14.8. The van der Waals surface area contributed by atoms with Crippen LogP contribution in [0.1, 0.15) is 19.5 Å². The van der Waals surface area contributed by atoms with Gasteiger partial charge in [0.1, 0.15) is 30.2 Å². The van der Waals surface area contributed by atoms with Crippen LogP contribution in [0.3, 0.4) is 0 Å². The Morgan fingerprint density at radius 3 is 2.96 bits per heavy atom. The van der Waals surface area contributed by atoms with Gasteiger partial charge in [0.25, 0.3) is 0 Å². The van der Waals surface area contributed by atoms with Gasteiger partial charge in [0.05, 0.1) is 10.8 Å². The Morgan fingerprint density at radius 2 is 2.27 bits per heavy atom. The van der Waals surface area contributed by atoms with Crippen LogP contribution >= 0.6 is 15.9 Å². The predicted octanol–water partition coefficient (Wildman–Crippen LogP) is 1.66. The van der Waals surface area contributed by atoms with Gasteiger partial charge in [-0.1, -0.05) is 22.0 Å². The quantitative estimate of drug-likeness (QED) is 0.459. The Hall–Kier alpha value is -2.08. The summed E-state index contributed by atoms with van der Waals surface area (Å²) in [5, 5.41) is 26.2. The number of benzene rings is 1. The molecule has 26 heavy (non-hydrogen) atoms. The summed E-state index contributed by atoms with van der Waals surface area (Å²) < 4.78 is 5.72. The van der Waals surface area contributed by atoms with Crippen LogP contribution < -0.4 is 15.4 Å². The second kappa shape index (κ2) is 9.03. The molecule has 0 radical (unpaired) electrons. The largest absolute Gasteiger partial charge is 0.490 e. The highest BCUT2D eigenvalue weighted by atomic mass is 79.9. The van der Waals surface area contributed by atoms with Gasteiger partial charge in [-0.2, -0.15) is 5.26 Å². The number of β-amino-alcohol motifs (C(OH)–C–C–N with tert-alkyl or cyclic N) is 1. The number of hydrogen-bond donors (Lipinski definition) is 4. The number of nitriles is 1. The Morgan fingerprint density at radius 1 is 1.50 bits per heavy atom. The number of H-pyrrole nitrogens is 1. The zero-order chi connectivity index (χ0) is 19.2. The molecule has 1 aromatic carbocycles. The molecule has 4 N–H and O–H groups in total. The van der Waals surface area contributed by atoms with Crippen molar-refractivity contribution >= 4 is 32.7 Å². The lowest BCUT2D eigenvalue weighted by molar-refractivity contribution is -0.118. The molecule has 1 heterocycles. The van der Waals surface area contributed by atoms with E-state index in [4.69, 9.17) is 10.00 Å². The van der Waals surface area contributed by atoms with E-state index in [1.807, 2.05) is 26.0 Å². The van der Waals surface area contributed by atoms with Gasteiger partial charge >= 0.3 is 0 Å². The number of alkyl halides is 1. The first-order chi connectivity index (χ1) is 12.3. The number of aliphatic hydroxyl groups is 1. The molecular formula is C18H23BrN4O3. The molecule has 2 aromatic rings. The van der Waals surface area contributed by atoms with Crippen LogP contribution in [0.2, 0.25) is 0 Å². The van der Waals surface area contributed by atoms with Gasteiger partial charge in [-0.05, 0) is 32.0 Å². The number of hydrogen-bond acceptors (Lipinski definition) is 5. The van der Waals surface area contributed by atoms with E-state index >= 15 is 0 Å². The summed E-state index contributed by atoms with van der Waals surface area (Å²) in [7, 11) is 0. The first kappa shape index (κ1) is 20.2. The average Bonchev–Trinajstić information content (AvgIpc) is 3.06. The molecule has 0 aliphatic rings. The maximum atomic E-state index is 11.3. The van der Waals surface area contributed by atoms with Gasteiger partial charge in [-0.25, -0.2) is 0 Å². The number of aromatic amines is 1. The number of halogens is 1. The minimum absolute atomic E-state index is 0.0832. The molecule has 2 rings (SSSR count). The summed E-state index contributed by atoms with van der Waals surface area (Å²) in [5.41, 5.74) is 0.919. The van der Waals surface area contributed by atoms with Crippen LogP contribution in [0.4, 0.5) is 0 Å². The van der Waals surface area contributed by atoms with Gasteiger partial charge in [-0.3, -0.25) is 4.79 Å². The first-order valence-corrected chi connectivity index (χ1v) is 9.37. The molecule has 0 spiro atoms. The third-order valence-electron chi connectivity index (χ3n) is 3.84. The fourth-order valence-electron chi connectivity index (χ4n) is 2.38. The van der Waals surface area contributed by atoms with E-state index in [1.165, 1.54) is 0 Å². The van der Waals surface area contributed by atoms with Gasteiger partial charge in [0, 0.05) is 24.0 Å². The number of carbonyl (C=O) groups is 1. The van der Waals surface area contributed by atoms with Crippen molar-refractivity contribution in [2.24, 2.45) is 0 Å². The van der Waals surface area contributed by atoms with E-state index in [-0.39, 0.29) is 23.4 Å². The van der Waals surface area contributed by atoms with E-state index in [0.29, 0.717) is 24.5 Å². The van der Waals surface area contributed by atoms with Gasteiger partial charge < -0.3 is 25.5 Å². The molecule has 1 atom stereocenters. The summed E-state index contributed by atoms with van der Waals surface area (Å²) in [5.74, 6) is 0.531. The molecule has 1 aromatic heterocycles. The summed E-state index contributed by atoms with van der Waals surface area (Å²) >= 11 is 3.10. The van der Waals surface area contributed by atoms with Crippen molar-refractivity contribution < 1.29 is 14.6 Å². The molecule has 7 nitrogen and oxygen atoms in total. The van der Waals surface area contributed by atoms with Crippen molar-refractivity contribution in [2.45, 2.75) is 25.5 Å². The normalized spacial score (nSPS) is 12.6. The minimum Gasteiger partial charge on any atom is -0.490 e. The smallest absolute Gasteiger partial charge is 0.230 e. The number of aliphatic hydroxyl groups excluding tert-OH is 1. The average molecular weight is 423 g/mol. The molecule has 0 fully saturated rings. The Kier molecular flexibility index (Phi) is 7.03. The standard InChI is InChI=1S/C18H23BrN4O3/c1-18(2,11-21-17(25)7-19)22-9-13(24)10-26-16-5-3-4-15-14(16)6-12(8-20)23-15/h3-6,13,22-24H,7,9-11H2,1-2H3,(H,21,25). The van der Waals surface area contributed by atoms with Crippen molar-refractivity contribution in [3.05, 3.63) is 30.0 Å². The highest BCUT2D eigenvalue weighted by Crippen LogP contribution is 2.26. The van der Waals surface area contributed by atoms with Crippen LogP contribution in [0, 0.1) is 11.3 Å². The van der Waals surface area contributed by atoms with Crippen LogP contribution in [-0.2, 0) is 4.79 Å². The second-order valence-electron chi connectivity index (χ2n) is 6.65. The van der Waals surface area contributed by atoms with E-state index < -0.39 is 6.10 Å². The number of carbonyl (C=O) groups excluding carboxylic acids is 1. The topological polar surface area (TPSA) is 110 Å². The van der Waals surface area contributed by atoms with Crippen LogP contribution in [0.15, 0.2) is 24.3 Å². The molecule has 0 aliphatic carbocycles. The third-order valence-corrected chi connectivity index (χ3v) is 4.35. The van der Waals surface area contributed by atoms with Gasteiger partial charge in [0.2, 0.25) is 5.91 Å².